The lowest BCUT2D eigenvalue weighted by Gasteiger charge is -2.12. The number of aromatic amines is 1. The van der Waals surface area contributed by atoms with Gasteiger partial charge in [0.2, 0.25) is 5.75 Å². The topological polar surface area (TPSA) is 97.8 Å². The average Bonchev–Trinajstić information content (AvgIpc) is 3.23. The van der Waals surface area contributed by atoms with Crippen LogP contribution in [-0.4, -0.2) is 43.6 Å². The van der Waals surface area contributed by atoms with Crippen molar-refractivity contribution in [1.82, 2.24) is 15.6 Å². The molecule has 0 saturated carbocycles. The smallest absolute Gasteiger partial charge is 0.289 e. The Labute approximate surface area is 172 Å². The number of carbonyl (C=O) groups is 1. The normalized spacial score (nSPS) is 10.8. The molecule has 1 aromatic heterocycles. The van der Waals surface area contributed by atoms with Gasteiger partial charge in [0.25, 0.3) is 5.91 Å². The molecule has 150 valence electrons. The Morgan fingerprint density at radius 3 is 2.41 bits per heavy atom. The van der Waals surface area contributed by atoms with Crippen LogP contribution in [0.15, 0.2) is 47.6 Å². The molecule has 1 heterocycles. The molecule has 0 unspecified atom stereocenters. The van der Waals surface area contributed by atoms with Crippen LogP contribution < -0.4 is 19.6 Å². The SMILES string of the molecule is COc1cc(/C=N/NC(=O)c2cc(-c3ccccc3Cl)n[nH]2)cc(OC)c1OC. The Balaban J connectivity index is 1.73. The molecule has 0 fully saturated rings. The molecule has 3 aromatic rings. The first kappa shape index (κ1) is 20.2. The number of carbonyl (C=O) groups excluding carboxylic acids is 1. The van der Waals surface area contributed by atoms with Gasteiger partial charge in [-0.2, -0.15) is 10.2 Å². The average molecular weight is 415 g/mol. The molecule has 9 heteroatoms. The molecule has 8 nitrogen and oxygen atoms in total. The van der Waals surface area contributed by atoms with Gasteiger partial charge in [0, 0.05) is 11.1 Å². The van der Waals surface area contributed by atoms with E-state index < -0.39 is 5.91 Å². The van der Waals surface area contributed by atoms with Crippen LogP contribution in [0.1, 0.15) is 16.1 Å². The van der Waals surface area contributed by atoms with E-state index in [0.29, 0.717) is 33.5 Å². The molecule has 0 saturated heterocycles. The fourth-order valence-corrected chi connectivity index (χ4v) is 2.88. The maximum Gasteiger partial charge on any atom is 0.289 e. The van der Waals surface area contributed by atoms with E-state index in [1.54, 1.807) is 24.3 Å². The van der Waals surface area contributed by atoms with E-state index in [0.717, 1.165) is 5.56 Å². The van der Waals surface area contributed by atoms with Gasteiger partial charge < -0.3 is 14.2 Å². The van der Waals surface area contributed by atoms with Gasteiger partial charge in [0.15, 0.2) is 11.5 Å². The largest absolute Gasteiger partial charge is 0.493 e. The lowest BCUT2D eigenvalue weighted by Crippen LogP contribution is -2.18. The zero-order valence-electron chi connectivity index (χ0n) is 16.0. The number of hydrogen-bond donors (Lipinski definition) is 2. The van der Waals surface area contributed by atoms with Crippen LogP contribution in [0, 0.1) is 0 Å². The summed E-state index contributed by atoms with van der Waals surface area (Å²) in [5.74, 6) is 0.996. The highest BCUT2D eigenvalue weighted by atomic mass is 35.5. The summed E-state index contributed by atoms with van der Waals surface area (Å²) in [5.41, 5.74) is 4.64. The minimum absolute atomic E-state index is 0.252. The Kier molecular flexibility index (Phi) is 6.36. The second kappa shape index (κ2) is 9.11. The summed E-state index contributed by atoms with van der Waals surface area (Å²) in [6.07, 6.45) is 1.47. The summed E-state index contributed by atoms with van der Waals surface area (Å²) in [6, 6.07) is 12.3. The van der Waals surface area contributed by atoms with Gasteiger partial charge in [-0.1, -0.05) is 29.8 Å². The molecule has 29 heavy (non-hydrogen) atoms. The standard InChI is InChI=1S/C20H19ClN4O4/c1-27-17-8-12(9-18(28-2)19(17)29-3)11-22-25-20(26)16-10-15(23-24-16)13-6-4-5-7-14(13)21/h4-11H,1-3H3,(H,23,24)(H,25,26)/b22-11+. The number of ether oxygens (including phenoxy) is 3. The van der Waals surface area contributed by atoms with Crippen molar-refractivity contribution in [2.24, 2.45) is 5.10 Å². The van der Waals surface area contributed by atoms with E-state index in [1.807, 2.05) is 18.2 Å². The monoisotopic (exact) mass is 414 g/mol. The molecule has 0 radical (unpaired) electrons. The summed E-state index contributed by atoms with van der Waals surface area (Å²) in [7, 11) is 4.57. The van der Waals surface area contributed by atoms with E-state index >= 15 is 0 Å². The van der Waals surface area contributed by atoms with Crippen LogP contribution in [0.25, 0.3) is 11.3 Å². The number of benzene rings is 2. The Bertz CT molecular complexity index is 1020. The first-order valence-electron chi connectivity index (χ1n) is 8.51. The lowest BCUT2D eigenvalue weighted by molar-refractivity contribution is 0.0950. The molecule has 0 bridgehead atoms. The second-order valence-corrected chi connectivity index (χ2v) is 6.21. The maximum atomic E-state index is 12.3. The van der Waals surface area contributed by atoms with Crippen molar-refractivity contribution in [2.75, 3.05) is 21.3 Å². The van der Waals surface area contributed by atoms with Gasteiger partial charge in [0.1, 0.15) is 5.69 Å². The number of aromatic nitrogens is 2. The molecule has 3 rings (SSSR count). The van der Waals surface area contributed by atoms with Crippen molar-refractivity contribution in [1.29, 1.82) is 0 Å². The van der Waals surface area contributed by atoms with Crippen molar-refractivity contribution in [3.05, 3.63) is 58.7 Å². The summed E-state index contributed by atoms with van der Waals surface area (Å²) in [4.78, 5) is 12.3. The fraction of sp³-hybridized carbons (Fsp3) is 0.150. The predicted octanol–water partition coefficient (Wildman–Crippen LogP) is 3.52. The van der Waals surface area contributed by atoms with E-state index in [2.05, 4.69) is 20.7 Å². The highest BCUT2D eigenvalue weighted by molar-refractivity contribution is 6.33. The maximum absolute atomic E-state index is 12.3. The number of amides is 1. The first-order valence-corrected chi connectivity index (χ1v) is 8.89. The van der Waals surface area contributed by atoms with E-state index in [4.69, 9.17) is 25.8 Å². The third-order valence-corrected chi connectivity index (χ3v) is 4.37. The molecule has 2 aromatic carbocycles. The van der Waals surface area contributed by atoms with Crippen LogP contribution in [0.2, 0.25) is 5.02 Å². The molecule has 0 atom stereocenters. The number of nitrogens with zero attached hydrogens (tertiary/aromatic N) is 2. The molecule has 2 N–H and O–H groups in total. The van der Waals surface area contributed by atoms with Crippen LogP contribution in [0.3, 0.4) is 0 Å². The summed E-state index contributed by atoms with van der Waals surface area (Å²) in [5, 5.41) is 11.3. The molecular formula is C20H19ClN4O4. The number of nitrogens with one attached hydrogen (secondary N) is 2. The Hall–Kier alpha value is -3.52. The summed E-state index contributed by atoms with van der Waals surface area (Å²) >= 11 is 6.16. The number of hydrazone groups is 1. The minimum atomic E-state index is -0.445. The van der Waals surface area contributed by atoms with Gasteiger partial charge in [0.05, 0.1) is 38.3 Å². The highest BCUT2D eigenvalue weighted by Gasteiger charge is 2.14. The molecule has 0 spiro atoms. The predicted molar refractivity (Wildman–Crippen MR) is 110 cm³/mol. The van der Waals surface area contributed by atoms with E-state index in [1.165, 1.54) is 27.5 Å². The van der Waals surface area contributed by atoms with E-state index in [-0.39, 0.29) is 5.69 Å². The fourth-order valence-electron chi connectivity index (χ4n) is 2.65. The van der Waals surface area contributed by atoms with E-state index in [9.17, 15) is 4.79 Å². The molecule has 0 aliphatic rings. The van der Waals surface area contributed by atoms with Crippen LogP contribution in [-0.2, 0) is 0 Å². The Morgan fingerprint density at radius 2 is 1.79 bits per heavy atom. The van der Waals surface area contributed by atoms with Crippen molar-refractivity contribution < 1.29 is 19.0 Å². The van der Waals surface area contributed by atoms with Gasteiger partial charge in [-0.3, -0.25) is 9.89 Å². The van der Waals surface area contributed by atoms with Crippen LogP contribution in [0.5, 0.6) is 17.2 Å². The second-order valence-electron chi connectivity index (χ2n) is 5.80. The zero-order valence-corrected chi connectivity index (χ0v) is 16.8. The number of H-pyrrole nitrogens is 1. The van der Waals surface area contributed by atoms with Crippen LogP contribution in [0.4, 0.5) is 0 Å². The summed E-state index contributed by atoms with van der Waals surface area (Å²) < 4.78 is 15.9. The van der Waals surface area contributed by atoms with Gasteiger partial charge in [-0.25, -0.2) is 5.43 Å². The van der Waals surface area contributed by atoms with Gasteiger partial charge in [-0.05, 0) is 24.3 Å². The molecule has 1 amide bonds. The molecule has 0 aliphatic heterocycles. The third kappa shape index (κ3) is 4.49. The van der Waals surface area contributed by atoms with Crippen molar-refractivity contribution in [3.8, 4) is 28.5 Å². The van der Waals surface area contributed by atoms with Gasteiger partial charge >= 0.3 is 0 Å². The molecular weight excluding hydrogens is 396 g/mol. The van der Waals surface area contributed by atoms with Crippen molar-refractivity contribution in [2.45, 2.75) is 0 Å². The zero-order chi connectivity index (χ0) is 20.8. The number of rotatable bonds is 7. The van der Waals surface area contributed by atoms with Crippen molar-refractivity contribution in [3.63, 3.8) is 0 Å². The number of hydrogen-bond acceptors (Lipinski definition) is 6. The van der Waals surface area contributed by atoms with Crippen LogP contribution >= 0.6 is 11.6 Å². The minimum Gasteiger partial charge on any atom is -0.493 e. The Morgan fingerprint density at radius 1 is 1.10 bits per heavy atom. The van der Waals surface area contributed by atoms with Crippen molar-refractivity contribution >= 4 is 23.7 Å². The third-order valence-electron chi connectivity index (χ3n) is 4.04. The molecule has 0 aliphatic carbocycles. The number of halogens is 1. The highest BCUT2D eigenvalue weighted by Crippen LogP contribution is 2.37. The van der Waals surface area contributed by atoms with Gasteiger partial charge in [-0.15, -0.1) is 0 Å². The summed E-state index contributed by atoms with van der Waals surface area (Å²) in [6.45, 7) is 0. The first-order chi connectivity index (χ1) is 14.1. The number of methoxy groups -OCH3 is 3. The quantitative estimate of drug-likeness (QED) is 0.455. The lowest BCUT2D eigenvalue weighted by atomic mass is 10.1.